The highest BCUT2D eigenvalue weighted by atomic mass is 19.3. The summed E-state index contributed by atoms with van der Waals surface area (Å²) in [4.78, 5) is 0. The molecule has 0 amide bonds. The zero-order valence-corrected chi connectivity index (χ0v) is 8.55. The molecule has 1 nitrogen and oxygen atoms in total. The summed E-state index contributed by atoms with van der Waals surface area (Å²) in [6.45, 7) is -0.577. The minimum Gasteiger partial charge on any atom is -0.325 e. The van der Waals surface area contributed by atoms with Gasteiger partial charge in [-0.1, -0.05) is 24.3 Å². The first-order valence-corrected chi connectivity index (χ1v) is 5.28. The molecule has 1 aliphatic rings. The third kappa shape index (κ3) is 2.53. The van der Waals surface area contributed by atoms with Crippen molar-refractivity contribution in [2.45, 2.75) is 31.1 Å². The van der Waals surface area contributed by atoms with Gasteiger partial charge in [-0.3, -0.25) is 0 Å². The second-order valence-corrected chi connectivity index (χ2v) is 4.21. The van der Waals surface area contributed by atoms with Crippen molar-refractivity contribution in [2.75, 3.05) is 6.54 Å². The maximum Gasteiger partial charge on any atom is 0.264 e. The Morgan fingerprint density at radius 1 is 1.27 bits per heavy atom. The Morgan fingerprint density at radius 2 is 1.93 bits per heavy atom. The molecular formula is C12H15F2N. The first kappa shape index (κ1) is 10.6. The second-order valence-electron chi connectivity index (χ2n) is 4.21. The quantitative estimate of drug-likeness (QED) is 0.814. The highest BCUT2D eigenvalue weighted by Gasteiger charge is 2.31. The molecule has 0 radical (unpaired) electrons. The van der Waals surface area contributed by atoms with Crippen LogP contribution in [0.25, 0.3) is 0 Å². The normalized spacial score (nSPS) is 16.7. The Morgan fingerprint density at radius 3 is 2.53 bits per heavy atom. The minimum atomic E-state index is -2.77. The zero-order valence-electron chi connectivity index (χ0n) is 8.55. The molecule has 0 saturated heterocycles. The van der Waals surface area contributed by atoms with Crippen molar-refractivity contribution in [3.63, 3.8) is 0 Å². The summed E-state index contributed by atoms with van der Waals surface area (Å²) in [6, 6.07) is 7.47. The molecule has 1 saturated carbocycles. The lowest BCUT2D eigenvalue weighted by molar-refractivity contribution is 0.0113. The Hall–Kier alpha value is -0.960. The van der Waals surface area contributed by atoms with Gasteiger partial charge in [-0.05, 0) is 29.9 Å². The third-order valence-electron chi connectivity index (χ3n) is 2.82. The van der Waals surface area contributed by atoms with Gasteiger partial charge in [0.25, 0.3) is 5.92 Å². The summed E-state index contributed by atoms with van der Waals surface area (Å²) in [7, 11) is 0. The molecule has 3 heteroatoms. The molecule has 0 aromatic heterocycles. The van der Waals surface area contributed by atoms with Crippen LogP contribution in [0.4, 0.5) is 8.78 Å². The zero-order chi connectivity index (χ0) is 10.9. The number of hydrogen-bond donors (Lipinski definition) is 1. The van der Waals surface area contributed by atoms with Crippen LogP contribution >= 0.6 is 0 Å². The average molecular weight is 211 g/mol. The Bertz CT molecular complexity index is 345. The van der Waals surface area contributed by atoms with E-state index in [-0.39, 0.29) is 6.42 Å². The molecule has 0 heterocycles. The Balaban J connectivity index is 2.20. The van der Waals surface area contributed by atoms with Crippen LogP contribution in [-0.2, 0) is 6.42 Å². The first-order chi connectivity index (χ1) is 7.12. The third-order valence-corrected chi connectivity index (χ3v) is 2.82. The van der Waals surface area contributed by atoms with Gasteiger partial charge in [0.05, 0.1) is 6.54 Å². The fourth-order valence-electron chi connectivity index (χ4n) is 1.84. The van der Waals surface area contributed by atoms with Crippen molar-refractivity contribution in [1.29, 1.82) is 0 Å². The van der Waals surface area contributed by atoms with Crippen molar-refractivity contribution in [3.8, 4) is 0 Å². The second kappa shape index (κ2) is 3.89. The topological polar surface area (TPSA) is 26.0 Å². The standard InChI is InChI=1S/C12H15F2N/c13-12(14,8-15)7-10-3-1-2-4-11(10)9-5-6-9/h1-4,9H,5-8,15H2. The highest BCUT2D eigenvalue weighted by molar-refractivity contribution is 5.34. The highest BCUT2D eigenvalue weighted by Crippen LogP contribution is 2.42. The lowest BCUT2D eigenvalue weighted by Crippen LogP contribution is -2.30. The molecule has 1 aromatic carbocycles. The average Bonchev–Trinajstić information content (AvgIpc) is 3.02. The van der Waals surface area contributed by atoms with Crippen LogP contribution in [0.5, 0.6) is 0 Å². The van der Waals surface area contributed by atoms with Crippen molar-refractivity contribution >= 4 is 0 Å². The van der Waals surface area contributed by atoms with Gasteiger partial charge < -0.3 is 5.73 Å². The molecule has 1 aliphatic carbocycles. The number of halogens is 2. The maximum atomic E-state index is 13.2. The Kier molecular flexibility index (Phi) is 2.74. The smallest absolute Gasteiger partial charge is 0.264 e. The summed E-state index contributed by atoms with van der Waals surface area (Å²) in [5.41, 5.74) is 6.89. The molecule has 1 aromatic rings. The first-order valence-electron chi connectivity index (χ1n) is 5.28. The number of benzene rings is 1. The molecule has 2 rings (SSSR count). The van der Waals surface area contributed by atoms with E-state index < -0.39 is 12.5 Å². The molecule has 0 bridgehead atoms. The fourth-order valence-corrected chi connectivity index (χ4v) is 1.84. The van der Waals surface area contributed by atoms with Crippen LogP contribution in [0.1, 0.15) is 29.9 Å². The Labute approximate surface area is 88.3 Å². The molecule has 0 spiro atoms. The molecule has 0 unspecified atom stereocenters. The molecule has 15 heavy (non-hydrogen) atoms. The summed E-state index contributed by atoms with van der Waals surface area (Å²) < 4.78 is 26.4. The van der Waals surface area contributed by atoms with Gasteiger partial charge in [-0.2, -0.15) is 0 Å². The lowest BCUT2D eigenvalue weighted by atomic mass is 9.98. The maximum absolute atomic E-state index is 13.2. The molecule has 0 atom stereocenters. The van der Waals surface area contributed by atoms with Crippen molar-refractivity contribution in [2.24, 2.45) is 5.73 Å². The van der Waals surface area contributed by atoms with E-state index in [4.69, 9.17) is 5.73 Å². The van der Waals surface area contributed by atoms with Crippen LogP contribution in [0.2, 0.25) is 0 Å². The number of alkyl halides is 2. The van der Waals surface area contributed by atoms with Gasteiger partial charge in [-0.25, -0.2) is 8.78 Å². The van der Waals surface area contributed by atoms with E-state index in [0.29, 0.717) is 5.92 Å². The van der Waals surface area contributed by atoms with Gasteiger partial charge in [0, 0.05) is 6.42 Å². The van der Waals surface area contributed by atoms with E-state index in [9.17, 15) is 8.78 Å². The molecule has 0 aliphatic heterocycles. The van der Waals surface area contributed by atoms with Crippen LogP contribution in [0.15, 0.2) is 24.3 Å². The van der Waals surface area contributed by atoms with Gasteiger partial charge in [0.2, 0.25) is 0 Å². The predicted octanol–water partition coefficient (Wildman–Crippen LogP) is 2.70. The van der Waals surface area contributed by atoms with Crippen molar-refractivity contribution in [3.05, 3.63) is 35.4 Å². The molecule has 82 valence electrons. The van der Waals surface area contributed by atoms with E-state index in [1.165, 1.54) is 0 Å². The van der Waals surface area contributed by atoms with Gasteiger partial charge >= 0.3 is 0 Å². The minimum absolute atomic E-state index is 0.226. The van der Waals surface area contributed by atoms with E-state index in [1.807, 2.05) is 18.2 Å². The van der Waals surface area contributed by atoms with Crippen molar-refractivity contribution in [1.82, 2.24) is 0 Å². The van der Waals surface area contributed by atoms with Crippen LogP contribution in [-0.4, -0.2) is 12.5 Å². The van der Waals surface area contributed by atoms with E-state index >= 15 is 0 Å². The van der Waals surface area contributed by atoms with Gasteiger partial charge in [-0.15, -0.1) is 0 Å². The summed E-state index contributed by atoms with van der Waals surface area (Å²) >= 11 is 0. The largest absolute Gasteiger partial charge is 0.325 e. The molecular weight excluding hydrogens is 196 g/mol. The lowest BCUT2D eigenvalue weighted by Gasteiger charge is -2.16. The van der Waals surface area contributed by atoms with E-state index in [2.05, 4.69) is 0 Å². The van der Waals surface area contributed by atoms with Gasteiger partial charge in [0.1, 0.15) is 0 Å². The van der Waals surface area contributed by atoms with E-state index in [0.717, 1.165) is 24.0 Å². The monoisotopic (exact) mass is 211 g/mol. The molecule has 1 fully saturated rings. The van der Waals surface area contributed by atoms with Crippen LogP contribution in [0, 0.1) is 0 Å². The molecule has 2 N–H and O–H groups in total. The van der Waals surface area contributed by atoms with Crippen molar-refractivity contribution < 1.29 is 8.78 Å². The predicted molar refractivity (Wildman–Crippen MR) is 56.1 cm³/mol. The number of nitrogens with two attached hydrogens (primary N) is 1. The summed E-state index contributed by atoms with van der Waals surface area (Å²) in [6.07, 6.45) is 2.03. The van der Waals surface area contributed by atoms with Gasteiger partial charge in [0.15, 0.2) is 0 Å². The van der Waals surface area contributed by atoms with Crippen LogP contribution in [0.3, 0.4) is 0 Å². The summed E-state index contributed by atoms with van der Waals surface area (Å²) in [5.74, 6) is -2.26. The SMILES string of the molecule is NCC(F)(F)Cc1ccccc1C1CC1. The van der Waals surface area contributed by atoms with Crippen LogP contribution < -0.4 is 5.73 Å². The fraction of sp³-hybridized carbons (Fsp3) is 0.500. The number of hydrogen-bond acceptors (Lipinski definition) is 1. The number of rotatable bonds is 4. The van der Waals surface area contributed by atoms with E-state index in [1.54, 1.807) is 6.07 Å². The summed E-state index contributed by atoms with van der Waals surface area (Å²) in [5, 5.41) is 0.